The van der Waals surface area contributed by atoms with Crippen molar-refractivity contribution in [1.29, 1.82) is 0 Å². The highest BCUT2D eigenvalue weighted by Crippen LogP contribution is 2.39. The molecule has 0 spiro atoms. The van der Waals surface area contributed by atoms with Gasteiger partial charge in [0.15, 0.2) is 5.82 Å². The lowest BCUT2D eigenvalue weighted by atomic mass is 9.96. The van der Waals surface area contributed by atoms with E-state index in [-0.39, 0.29) is 52.1 Å². The number of phenols is 1. The summed E-state index contributed by atoms with van der Waals surface area (Å²) in [6.07, 6.45) is 8.62. The average Bonchev–Trinajstić information content (AvgIpc) is 3.49. The van der Waals surface area contributed by atoms with Crippen molar-refractivity contribution >= 4 is 27.5 Å². The highest BCUT2D eigenvalue weighted by atomic mass is 19.1. The van der Waals surface area contributed by atoms with Crippen LogP contribution in [0.4, 0.5) is 19.0 Å². The molecule has 216 valence electrons. The van der Waals surface area contributed by atoms with Crippen molar-refractivity contribution in [3.8, 4) is 35.4 Å². The smallest absolute Gasteiger partial charge is 0.319 e. The lowest BCUT2D eigenvalue weighted by molar-refractivity contribution is 0.188. The normalized spacial score (nSPS) is 24.0. The van der Waals surface area contributed by atoms with Crippen LogP contribution in [0.3, 0.4) is 0 Å². The monoisotopic (exact) mass is 574 g/mol. The van der Waals surface area contributed by atoms with Crippen LogP contribution in [0.15, 0.2) is 30.5 Å². The van der Waals surface area contributed by atoms with Gasteiger partial charge in [0.2, 0.25) is 0 Å². The van der Waals surface area contributed by atoms with E-state index in [1.807, 2.05) is 11.9 Å². The predicted octanol–water partition coefficient (Wildman–Crippen LogP) is 4.17. The Labute approximate surface area is 240 Å². The molecule has 4 atom stereocenters. The highest BCUT2D eigenvalue weighted by molar-refractivity contribution is 6.03. The van der Waals surface area contributed by atoms with E-state index in [1.165, 1.54) is 30.5 Å². The summed E-state index contributed by atoms with van der Waals surface area (Å²) in [5, 5.41) is 15.1. The number of phenolic OH excluding ortho intramolecular Hbond substituents is 1. The number of ether oxygens (including phenoxy) is 1. The molecule has 3 aliphatic heterocycles. The molecule has 2 bridgehead atoms. The molecule has 11 heteroatoms. The van der Waals surface area contributed by atoms with E-state index in [0.29, 0.717) is 54.7 Å². The zero-order valence-electron chi connectivity index (χ0n) is 22.9. The van der Waals surface area contributed by atoms with Crippen molar-refractivity contribution in [1.82, 2.24) is 25.2 Å². The maximum absolute atomic E-state index is 16.6. The number of fused-ring (bicyclic) bond motifs is 4. The van der Waals surface area contributed by atoms with Crippen molar-refractivity contribution < 1.29 is 23.0 Å². The Kier molecular flexibility index (Phi) is 6.55. The Balaban J connectivity index is 1.38. The summed E-state index contributed by atoms with van der Waals surface area (Å²) in [6.45, 7) is 1.84. The summed E-state index contributed by atoms with van der Waals surface area (Å²) in [7, 11) is 1.83. The van der Waals surface area contributed by atoms with Crippen LogP contribution in [0.1, 0.15) is 24.8 Å². The molecule has 3 saturated heterocycles. The summed E-state index contributed by atoms with van der Waals surface area (Å²) in [5.41, 5.74) is -0.0814. The standard InChI is InChI=1S/C31H29F3N6O2/c1-3-22-25(33)7-4-16-8-21(41)10-23(26(16)22)28-27(34)29-24(11-35-28)30(40-13-18-5-6-19(14-40)36-18)38-31(37-29)42-15-20-9-17(32)12-39(20)2/h1,4,7-8,10-11,17-20,36,41H,5-6,9,12-15H2,2H3/t17-,18-,19+,20+/m1/s1. The van der Waals surface area contributed by atoms with Crippen LogP contribution in [0.5, 0.6) is 11.8 Å². The average molecular weight is 575 g/mol. The van der Waals surface area contributed by atoms with E-state index >= 15 is 4.39 Å². The number of nitrogens with one attached hydrogen (secondary N) is 1. The van der Waals surface area contributed by atoms with Crippen molar-refractivity contribution in [3.05, 3.63) is 47.7 Å². The number of hydrogen-bond acceptors (Lipinski definition) is 8. The number of aromatic hydroxyl groups is 1. The molecule has 0 unspecified atom stereocenters. The number of likely N-dealkylation sites (tertiary alicyclic amines) is 1. The summed E-state index contributed by atoms with van der Waals surface area (Å²) < 4.78 is 51.2. The van der Waals surface area contributed by atoms with E-state index in [4.69, 9.17) is 16.1 Å². The lowest BCUT2D eigenvalue weighted by Gasteiger charge is -2.34. The number of aromatic nitrogens is 3. The first-order chi connectivity index (χ1) is 20.3. The molecule has 3 fully saturated rings. The van der Waals surface area contributed by atoms with Gasteiger partial charge in [-0.2, -0.15) is 9.97 Å². The number of rotatable bonds is 5. The molecular weight excluding hydrogens is 545 g/mol. The number of nitrogens with zero attached hydrogens (tertiary/aromatic N) is 5. The molecule has 7 rings (SSSR count). The van der Waals surface area contributed by atoms with E-state index in [2.05, 4.69) is 26.1 Å². The second kappa shape index (κ2) is 10.3. The van der Waals surface area contributed by atoms with Gasteiger partial charge >= 0.3 is 6.01 Å². The van der Waals surface area contributed by atoms with Crippen LogP contribution in [-0.4, -0.2) is 82.5 Å². The first-order valence-electron chi connectivity index (χ1n) is 14.1. The molecule has 3 aliphatic rings. The zero-order valence-corrected chi connectivity index (χ0v) is 22.9. The molecule has 0 saturated carbocycles. The number of halogens is 3. The van der Waals surface area contributed by atoms with Crippen LogP contribution in [0.25, 0.3) is 32.9 Å². The Bertz CT molecular complexity index is 1750. The molecule has 2 N–H and O–H groups in total. The van der Waals surface area contributed by atoms with Crippen LogP contribution in [0.2, 0.25) is 0 Å². The van der Waals surface area contributed by atoms with E-state index in [9.17, 15) is 13.9 Å². The number of benzene rings is 2. The third kappa shape index (κ3) is 4.55. The quantitative estimate of drug-likeness (QED) is 0.344. The summed E-state index contributed by atoms with van der Waals surface area (Å²) >= 11 is 0. The van der Waals surface area contributed by atoms with Gasteiger partial charge in [-0.15, -0.1) is 6.42 Å². The van der Waals surface area contributed by atoms with Gasteiger partial charge < -0.3 is 20.1 Å². The first-order valence-corrected chi connectivity index (χ1v) is 14.1. The fraction of sp³-hybridized carbons (Fsp3) is 0.387. The van der Waals surface area contributed by atoms with Crippen LogP contribution in [0, 0.1) is 24.0 Å². The molecule has 4 aromatic rings. The molecule has 0 radical (unpaired) electrons. The van der Waals surface area contributed by atoms with E-state index < -0.39 is 17.8 Å². The molecule has 2 aromatic heterocycles. The number of piperazine rings is 1. The van der Waals surface area contributed by atoms with Crippen molar-refractivity contribution in [3.63, 3.8) is 0 Å². The highest BCUT2D eigenvalue weighted by Gasteiger charge is 2.35. The third-order valence-corrected chi connectivity index (χ3v) is 8.65. The van der Waals surface area contributed by atoms with E-state index in [1.54, 1.807) is 0 Å². The minimum Gasteiger partial charge on any atom is -0.508 e. The van der Waals surface area contributed by atoms with Gasteiger partial charge in [-0.3, -0.25) is 9.88 Å². The van der Waals surface area contributed by atoms with Crippen molar-refractivity contribution in [2.75, 3.05) is 38.2 Å². The molecule has 5 heterocycles. The maximum Gasteiger partial charge on any atom is 0.319 e. The fourth-order valence-corrected chi connectivity index (χ4v) is 6.61. The van der Waals surface area contributed by atoms with Crippen LogP contribution in [-0.2, 0) is 0 Å². The summed E-state index contributed by atoms with van der Waals surface area (Å²) in [6, 6.07) is 5.83. The summed E-state index contributed by atoms with van der Waals surface area (Å²) in [5.74, 6) is 1.29. The molecule has 0 amide bonds. The van der Waals surface area contributed by atoms with Gasteiger partial charge in [-0.05, 0) is 49.9 Å². The Morgan fingerprint density at radius 3 is 2.64 bits per heavy atom. The maximum atomic E-state index is 16.6. The number of terminal acetylenes is 1. The number of anilines is 1. The lowest BCUT2D eigenvalue weighted by Crippen LogP contribution is -2.51. The molecule has 8 nitrogen and oxygen atoms in total. The molecular formula is C31H29F3N6O2. The second-order valence-corrected chi connectivity index (χ2v) is 11.5. The van der Waals surface area contributed by atoms with Gasteiger partial charge in [0.05, 0.1) is 10.9 Å². The summed E-state index contributed by atoms with van der Waals surface area (Å²) in [4.78, 5) is 17.6. The Morgan fingerprint density at radius 2 is 1.93 bits per heavy atom. The van der Waals surface area contributed by atoms with Gasteiger partial charge in [-0.25, -0.2) is 13.2 Å². The Hall–Kier alpha value is -4.14. The Morgan fingerprint density at radius 1 is 1.14 bits per heavy atom. The van der Waals surface area contributed by atoms with Gasteiger partial charge in [-0.1, -0.05) is 12.0 Å². The SMILES string of the molecule is C#Cc1c(F)ccc2cc(O)cc(-c3ncc4c(N5C[C@H]6CC[C@@H](C5)N6)nc(OC[C@@H]5C[C@@H](F)CN5C)nc4c3F)c12. The number of pyridine rings is 1. The number of likely N-dealkylation sites (N-methyl/N-ethyl adjacent to an activating group) is 1. The minimum absolute atomic E-state index is 0.0220. The number of hydrogen-bond donors (Lipinski definition) is 2. The predicted molar refractivity (Wildman–Crippen MR) is 153 cm³/mol. The van der Waals surface area contributed by atoms with Crippen molar-refractivity contribution in [2.24, 2.45) is 0 Å². The zero-order chi connectivity index (χ0) is 29.1. The third-order valence-electron chi connectivity index (χ3n) is 8.65. The second-order valence-electron chi connectivity index (χ2n) is 11.5. The topological polar surface area (TPSA) is 86.6 Å². The number of alkyl halides is 1. The van der Waals surface area contributed by atoms with Gasteiger partial charge in [0.1, 0.15) is 41.4 Å². The van der Waals surface area contributed by atoms with Crippen molar-refractivity contribution in [2.45, 2.75) is 43.6 Å². The minimum atomic E-state index is -0.936. The molecule has 0 aliphatic carbocycles. The van der Waals surface area contributed by atoms with Gasteiger partial charge in [0.25, 0.3) is 0 Å². The molecule has 2 aromatic carbocycles. The first kappa shape index (κ1) is 26.7. The van der Waals surface area contributed by atoms with E-state index in [0.717, 1.165) is 12.8 Å². The van der Waals surface area contributed by atoms with Crippen LogP contribution >= 0.6 is 0 Å². The molecule has 42 heavy (non-hydrogen) atoms. The fourth-order valence-electron chi connectivity index (χ4n) is 6.61. The van der Waals surface area contributed by atoms with Crippen LogP contribution < -0.4 is 15.0 Å². The largest absolute Gasteiger partial charge is 0.508 e. The van der Waals surface area contributed by atoms with Gasteiger partial charge in [0, 0.05) is 54.9 Å².